The van der Waals surface area contributed by atoms with Gasteiger partial charge in [-0.1, -0.05) is 19.4 Å². The van der Waals surface area contributed by atoms with Gasteiger partial charge in [0.2, 0.25) is 0 Å². The standard InChI is InChI=1S/C17H24N4O2/c1-2-3-9-23-10-5-8-20-14-16(11-18)17(22)21-13-15-6-4-7-19-12-15/h4,6-7,12,14,20H,2-3,5,8-10,13H2,1H3,(H,21,22)/b16-14-. The molecule has 1 aromatic rings. The van der Waals surface area contributed by atoms with Gasteiger partial charge >= 0.3 is 0 Å². The molecule has 0 fully saturated rings. The number of nitriles is 1. The summed E-state index contributed by atoms with van der Waals surface area (Å²) in [7, 11) is 0. The van der Waals surface area contributed by atoms with Crippen LogP contribution in [0.3, 0.4) is 0 Å². The summed E-state index contributed by atoms with van der Waals surface area (Å²) in [6.45, 7) is 4.59. The molecule has 0 aliphatic carbocycles. The number of hydrogen-bond acceptors (Lipinski definition) is 5. The summed E-state index contributed by atoms with van der Waals surface area (Å²) in [6.07, 6.45) is 7.82. The summed E-state index contributed by atoms with van der Waals surface area (Å²) in [5, 5.41) is 14.7. The number of nitrogens with one attached hydrogen (secondary N) is 2. The second-order valence-electron chi connectivity index (χ2n) is 4.99. The van der Waals surface area contributed by atoms with E-state index in [1.807, 2.05) is 12.1 Å². The van der Waals surface area contributed by atoms with Crippen LogP contribution >= 0.6 is 0 Å². The molecule has 1 heterocycles. The number of carbonyl (C=O) groups excluding carboxylic acids is 1. The van der Waals surface area contributed by atoms with Crippen molar-refractivity contribution in [2.75, 3.05) is 19.8 Å². The highest BCUT2D eigenvalue weighted by Crippen LogP contribution is 1.97. The summed E-state index contributed by atoms with van der Waals surface area (Å²) in [5.41, 5.74) is 0.941. The van der Waals surface area contributed by atoms with Gasteiger partial charge in [0.1, 0.15) is 11.6 Å². The van der Waals surface area contributed by atoms with E-state index in [9.17, 15) is 4.79 Å². The third-order valence-corrected chi connectivity index (χ3v) is 3.04. The minimum Gasteiger partial charge on any atom is -0.390 e. The molecule has 1 amide bonds. The minimum atomic E-state index is -0.400. The number of amides is 1. The minimum absolute atomic E-state index is 0.0563. The molecule has 0 spiro atoms. The zero-order valence-electron chi connectivity index (χ0n) is 13.5. The molecule has 2 N–H and O–H groups in total. The highest BCUT2D eigenvalue weighted by molar-refractivity contribution is 5.97. The van der Waals surface area contributed by atoms with Crippen LogP contribution in [0.25, 0.3) is 0 Å². The lowest BCUT2D eigenvalue weighted by Crippen LogP contribution is -2.25. The maximum Gasteiger partial charge on any atom is 0.263 e. The summed E-state index contributed by atoms with van der Waals surface area (Å²) < 4.78 is 5.43. The van der Waals surface area contributed by atoms with E-state index in [2.05, 4.69) is 22.5 Å². The van der Waals surface area contributed by atoms with Crippen molar-refractivity contribution in [1.82, 2.24) is 15.6 Å². The molecule has 0 bridgehead atoms. The largest absolute Gasteiger partial charge is 0.390 e. The van der Waals surface area contributed by atoms with E-state index in [-0.39, 0.29) is 5.57 Å². The number of nitrogens with zero attached hydrogens (tertiary/aromatic N) is 2. The molecule has 124 valence electrons. The van der Waals surface area contributed by atoms with Crippen molar-refractivity contribution in [3.63, 3.8) is 0 Å². The molecule has 0 atom stereocenters. The van der Waals surface area contributed by atoms with Gasteiger partial charge < -0.3 is 15.4 Å². The third kappa shape index (κ3) is 8.59. The molecule has 0 aliphatic heterocycles. The molecule has 1 aromatic heterocycles. The predicted octanol–water partition coefficient (Wildman–Crippen LogP) is 1.90. The molecule has 0 aromatic carbocycles. The summed E-state index contributed by atoms with van der Waals surface area (Å²) in [5.74, 6) is -0.400. The Morgan fingerprint density at radius 3 is 2.96 bits per heavy atom. The van der Waals surface area contributed by atoms with Gasteiger partial charge in [0, 0.05) is 44.9 Å². The van der Waals surface area contributed by atoms with Gasteiger partial charge in [-0.25, -0.2) is 0 Å². The first kappa shape index (κ1) is 18.7. The van der Waals surface area contributed by atoms with Gasteiger partial charge in [-0.05, 0) is 24.5 Å². The second-order valence-corrected chi connectivity index (χ2v) is 4.99. The Bertz CT molecular complexity index is 523. The summed E-state index contributed by atoms with van der Waals surface area (Å²) >= 11 is 0. The summed E-state index contributed by atoms with van der Waals surface area (Å²) in [6, 6.07) is 5.56. The predicted molar refractivity (Wildman–Crippen MR) is 88.1 cm³/mol. The first-order chi connectivity index (χ1) is 11.3. The van der Waals surface area contributed by atoms with Crippen molar-refractivity contribution in [3.05, 3.63) is 41.9 Å². The number of pyridine rings is 1. The molecular formula is C17H24N4O2. The first-order valence-corrected chi connectivity index (χ1v) is 7.86. The molecule has 1 rings (SSSR count). The monoisotopic (exact) mass is 316 g/mol. The molecule has 0 radical (unpaired) electrons. The van der Waals surface area contributed by atoms with Crippen molar-refractivity contribution in [2.45, 2.75) is 32.7 Å². The van der Waals surface area contributed by atoms with Crippen LogP contribution in [0, 0.1) is 11.3 Å². The highest BCUT2D eigenvalue weighted by Gasteiger charge is 2.07. The number of hydrogen-bond donors (Lipinski definition) is 2. The molecular weight excluding hydrogens is 292 g/mol. The van der Waals surface area contributed by atoms with E-state index in [1.54, 1.807) is 18.5 Å². The lowest BCUT2D eigenvalue weighted by atomic mass is 10.2. The first-order valence-electron chi connectivity index (χ1n) is 7.86. The fourth-order valence-electron chi connectivity index (χ4n) is 1.73. The van der Waals surface area contributed by atoms with Crippen molar-refractivity contribution >= 4 is 5.91 Å². The van der Waals surface area contributed by atoms with E-state index < -0.39 is 5.91 Å². The van der Waals surface area contributed by atoms with Gasteiger partial charge in [-0.15, -0.1) is 0 Å². The van der Waals surface area contributed by atoms with Crippen LogP contribution in [-0.4, -0.2) is 30.6 Å². The number of aromatic nitrogens is 1. The normalized spacial score (nSPS) is 10.9. The van der Waals surface area contributed by atoms with E-state index in [0.717, 1.165) is 31.4 Å². The molecule has 0 saturated heterocycles. The van der Waals surface area contributed by atoms with Gasteiger partial charge in [0.15, 0.2) is 0 Å². The van der Waals surface area contributed by atoms with Crippen LogP contribution in [0.2, 0.25) is 0 Å². The Balaban J connectivity index is 2.23. The molecule has 0 saturated carbocycles. The quantitative estimate of drug-likeness (QED) is 0.370. The van der Waals surface area contributed by atoms with E-state index in [1.165, 1.54) is 6.20 Å². The average molecular weight is 316 g/mol. The topological polar surface area (TPSA) is 87.0 Å². The van der Waals surface area contributed by atoms with Crippen LogP contribution in [-0.2, 0) is 16.1 Å². The number of carbonyl (C=O) groups is 1. The van der Waals surface area contributed by atoms with Crippen LogP contribution < -0.4 is 10.6 Å². The molecule has 23 heavy (non-hydrogen) atoms. The van der Waals surface area contributed by atoms with Gasteiger partial charge in [-0.2, -0.15) is 5.26 Å². The van der Waals surface area contributed by atoms with E-state index in [4.69, 9.17) is 10.00 Å². The van der Waals surface area contributed by atoms with Crippen LogP contribution in [0.5, 0.6) is 0 Å². The fourth-order valence-corrected chi connectivity index (χ4v) is 1.73. The van der Waals surface area contributed by atoms with Crippen molar-refractivity contribution < 1.29 is 9.53 Å². The number of unbranched alkanes of at least 4 members (excludes halogenated alkanes) is 1. The third-order valence-electron chi connectivity index (χ3n) is 3.04. The Morgan fingerprint density at radius 1 is 1.43 bits per heavy atom. The maximum absolute atomic E-state index is 11.9. The maximum atomic E-state index is 11.9. The Labute approximate surface area is 137 Å². The lowest BCUT2D eigenvalue weighted by Gasteiger charge is -2.05. The number of rotatable bonds is 11. The molecule has 0 aliphatic rings. The molecule has 6 nitrogen and oxygen atoms in total. The van der Waals surface area contributed by atoms with Crippen LogP contribution in [0.15, 0.2) is 36.3 Å². The van der Waals surface area contributed by atoms with Crippen molar-refractivity contribution in [1.29, 1.82) is 5.26 Å². The van der Waals surface area contributed by atoms with Crippen molar-refractivity contribution in [3.8, 4) is 6.07 Å². The van der Waals surface area contributed by atoms with Gasteiger partial charge in [0.25, 0.3) is 5.91 Å². The fraction of sp³-hybridized carbons (Fsp3) is 0.471. The lowest BCUT2D eigenvalue weighted by molar-refractivity contribution is -0.117. The Kier molecular flexibility index (Phi) is 9.88. The van der Waals surface area contributed by atoms with Crippen LogP contribution in [0.1, 0.15) is 31.7 Å². The summed E-state index contributed by atoms with van der Waals surface area (Å²) in [4.78, 5) is 15.9. The van der Waals surface area contributed by atoms with Gasteiger partial charge in [-0.3, -0.25) is 9.78 Å². The zero-order valence-corrected chi connectivity index (χ0v) is 13.5. The Hall–Kier alpha value is -2.39. The van der Waals surface area contributed by atoms with Crippen molar-refractivity contribution in [2.24, 2.45) is 0 Å². The average Bonchev–Trinajstić information content (AvgIpc) is 2.59. The zero-order chi connectivity index (χ0) is 16.8. The van der Waals surface area contributed by atoms with Crippen LogP contribution in [0.4, 0.5) is 0 Å². The van der Waals surface area contributed by atoms with Gasteiger partial charge in [0.05, 0.1) is 0 Å². The highest BCUT2D eigenvalue weighted by atomic mass is 16.5. The SMILES string of the molecule is CCCCOCCCN/C=C(/C#N)C(=O)NCc1cccnc1. The van der Waals surface area contributed by atoms with E-state index in [0.29, 0.717) is 19.7 Å². The molecule has 6 heteroatoms. The Morgan fingerprint density at radius 2 is 2.26 bits per heavy atom. The van der Waals surface area contributed by atoms with E-state index >= 15 is 0 Å². The smallest absolute Gasteiger partial charge is 0.263 e. The molecule has 0 unspecified atom stereocenters. The number of ether oxygens (including phenoxy) is 1. The second kappa shape index (κ2) is 12.2.